The first kappa shape index (κ1) is 12.8. The zero-order chi connectivity index (χ0) is 12.3. The van der Waals surface area contributed by atoms with Crippen molar-refractivity contribution in [3.05, 3.63) is 0 Å². The number of aliphatic hydroxyl groups excluding tert-OH is 1. The molecule has 0 heterocycles. The Hall–Kier alpha value is -0.610. The van der Waals surface area contributed by atoms with Gasteiger partial charge < -0.3 is 15.1 Å². The summed E-state index contributed by atoms with van der Waals surface area (Å²) in [4.78, 5) is 13.9. The van der Waals surface area contributed by atoms with Gasteiger partial charge in [-0.3, -0.25) is 4.79 Å². The average Bonchev–Trinajstić information content (AvgIpc) is 3.10. The Labute approximate surface area is 103 Å². The van der Waals surface area contributed by atoms with Gasteiger partial charge in [0.05, 0.1) is 18.6 Å². The SMILES string of the molecule is O=C(CC1(O)CCCCC1)N(CCO)C1CC1. The third-order valence-corrected chi connectivity index (χ3v) is 3.91. The lowest BCUT2D eigenvalue weighted by Crippen LogP contribution is -2.42. The summed E-state index contributed by atoms with van der Waals surface area (Å²) in [5.74, 6) is 0.0194. The molecule has 0 radical (unpaired) electrons. The Morgan fingerprint density at radius 1 is 1.24 bits per heavy atom. The number of carbonyl (C=O) groups excluding carboxylic acids is 1. The molecule has 0 spiro atoms. The van der Waals surface area contributed by atoms with Crippen LogP contribution in [0.5, 0.6) is 0 Å². The summed E-state index contributed by atoms with van der Waals surface area (Å²) < 4.78 is 0. The quantitative estimate of drug-likeness (QED) is 0.756. The number of rotatable bonds is 5. The van der Waals surface area contributed by atoms with Gasteiger partial charge in [-0.05, 0) is 25.7 Å². The van der Waals surface area contributed by atoms with E-state index < -0.39 is 5.60 Å². The van der Waals surface area contributed by atoms with Crippen LogP contribution in [0.15, 0.2) is 0 Å². The van der Waals surface area contributed by atoms with Gasteiger partial charge in [0.1, 0.15) is 0 Å². The molecule has 2 aliphatic carbocycles. The van der Waals surface area contributed by atoms with E-state index in [1.807, 2.05) is 0 Å². The summed E-state index contributed by atoms with van der Waals surface area (Å²) in [5, 5.41) is 19.3. The van der Waals surface area contributed by atoms with Gasteiger partial charge in [0.25, 0.3) is 0 Å². The number of hydrogen-bond donors (Lipinski definition) is 2. The topological polar surface area (TPSA) is 60.8 Å². The highest BCUT2D eigenvalue weighted by Gasteiger charge is 2.37. The predicted octanol–water partition coefficient (Wildman–Crippen LogP) is 1.06. The minimum absolute atomic E-state index is 0.0146. The summed E-state index contributed by atoms with van der Waals surface area (Å²) in [5.41, 5.74) is -0.780. The molecule has 2 saturated carbocycles. The fourth-order valence-electron chi connectivity index (χ4n) is 2.77. The largest absolute Gasteiger partial charge is 0.395 e. The van der Waals surface area contributed by atoms with E-state index in [-0.39, 0.29) is 18.9 Å². The van der Waals surface area contributed by atoms with E-state index in [1.165, 1.54) is 6.42 Å². The van der Waals surface area contributed by atoms with Crippen LogP contribution >= 0.6 is 0 Å². The van der Waals surface area contributed by atoms with E-state index in [1.54, 1.807) is 4.90 Å². The third kappa shape index (κ3) is 3.42. The molecule has 2 fully saturated rings. The van der Waals surface area contributed by atoms with Crippen LogP contribution in [0.1, 0.15) is 51.4 Å². The van der Waals surface area contributed by atoms with Crippen molar-refractivity contribution in [3.63, 3.8) is 0 Å². The molecule has 2 N–H and O–H groups in total. The molecule has 0 saturated heterocycles. The molecule has 17 heavy (non-hydrogen) atoms. The molecule has 0 aromatic rings. The van der Waals surface area contributed by atoms with Gasteiger partial charge in [0, 0.05) is 12.6 Å². The fourth-order valence-corrected chi connectivity index (χ4v) is 2.77. The fraction of sp³-hybridized carbons (Fsp3) is 0.923. The normalized spacial score (nSPS) is 23.4. The molecular formula is C13H23NO3. The first-order chi connectivity index (χ1) is 8.14. The summed E-state index contributed by atoms with van der Waals surface area (Å²) >= 11 is 0. The zero-order valence-corrected chi connectivity index (χ0v) is 10.4. The highest BCUT2D eigenvalue weighted by molar-refractivity contribution is 5.78. The van der Waals surface area contributed by atoms with Crippen LogP contribution in [0.3, 0.4) is 0 Å². The molecule has 0 atom stereocenters. The molecule has 2 rings (SSSR count). The van der Waals surface area contributed by atoms with Crippen molar-refractivity contribution >= 4 is 5.91 Å². The van der Waals surface area contributed by atoms with Crippen LogP contribution in [0.25, 0.3) is 0 Å². The highest BCUT2D eigenvalue weighted by atomic mass is 16.3. The first-order valence-corrected chi connectivity index (χ1v) is 6.77. The Kier molecular flexibility index (Phi) is 4.05. The molecule has 0 aliphatic heterocycles. The second-order valence-electron chi connectivity index (χ2n) is 5.50. The van der Waals surface area contributed by atoms with Gasteiger partial charge >= 0.3 is 0 Å². The number of nitrogens with zero attached hydrogens (tertiary/aromatic N) is 1. The second-order valence-corrected chi connectivity index (χ2v) is 5.50. The highest BCUT2D eigenvalue weighted by Crippen LogP contribution is 2.33. The Bertz CT molecular complexity index is 270. The minimum atomic E-state index is -0.780. The first-order valence-electron chi connectivity index (χ1n) is 6.77. The maximum atomic E-state index is 12.1. The van der Waals surface area contributed by atoms with Crippen molar-refractivity contribution in [3.8, 4) is 0 Å². The van der Waals surface area contributed by atoms with Crippen LogP contribution in [0, 0.1) is 0 Å². The van der Waals surface area contributed by atoms with Crippen LogP contribution in [0.4, 0.5) is 0 Å². The number of carbonyl (C=O) groups is 1. The lowest BCUT2D eigenvalue weighted by molar-refractivity contribution is -0.138. The molecular weight excluding hydrogens is 218 g/mol. The zero-order valence-electron chi connectivity index (χ0n) is 10.4. The maximum Gasteiger partial charge on any atom is 0.225 e. The Balaban J connectivity index is 1.89. The average molecular weight is 241 g/mol. The Morgan fingerprint density at radius 3 is 2.41 bits per heavy atom. The molecule has 4 heteroatoms. The van der Waals surface area contributed by atoms with Gasteiger partial charge in [-0.2, -0.15) is 0 Å². The van der Waals surface area contributed by atoms with E-state index in [0.29, 0.717) is 12.6 Å². The molecule has 98 valence electrons. The lowest BCUT2D eigenvalue weighted by Gasteiger charge is -2.33. The summed E-state index contributed by atoms with van der Waals surface area (Å²) in [7, 11) is 0. The molecule has 2 aliphatic rings. The number of aliphatic hydroxyl groups is 2. The number of amides is 1. The van der Waals surface area contributed by atoms with Crippen LogP contribution < -0.4 is 0 Å². The van der Waals surface area contributed by atoms with Gasteiger partial charge in [0.2, 0.25) is 5.91 Å². The molecule has 1 amide bonds. The van der Waals surface area contributed by atoms with Gasteiger partial charge in [0.15, 0.2) is 0 Å². The Morgan fingerprint density at radius 2 is 1.88 bits per heavy atom. The molecule has 0 aromatic carbocycles. The van der Waals surface area contributed by atoms with E-state index in [4.69, 9.17) is 5.11 Å². The van der Waals surface area contributed by atoms with E-state index in [2.05, 4.69) is 0 Å². The standard InChI is InChI=1S/C13H23NO3/c15-9-8-14(11-4-5-11)12(16)10-13(17)6-2-1-3-7-13/h11,15,17H,1-10H2. The molecule has 0 aromatic heterocycles. The van der Waals surface area contributed by atoms with Crippen LogP contribution in [0.2, 0.25) is 0 Å². The smallest absolute Gasteiger partial charge is 0.225 e. The van der Waals surface area contributed by atoms with Crippen LogP contribution in [-0.4, -0.2) is 45.8 Å². The van der Waals surface area contributed by atoms with E-state index in [9.17, 15) is 9.90 Å². The molecule has 0 bridgehead atoms. The van der Waals surface area contributed by atoms with Crippen molar-refractivity contribution < 1.29 is 15.0 Å². The van der Waals surface area contributed by atoms with Crippen LogP contribution in [-0.2, 0) is 4.79 Å². The van der Waals surface area contributed by atoms with Crippen molar-refractivity contribution in [1.82, 2.24) is 4.90 Å². The van der Waals surface area contributed by atoms with Gasteiger partial charge in [-0.15, -0.1) is 0 Å². The van der Waals surface area contributed by atoms with Crippen molar-refractivity contribution in [2.45, 2.75) is 63.0 Å². The monoisotopic (exact) mass is 241 g/mol. The van der Waals surface area contributed by atoms with Crippen molar-refractivity contribution in [1.29, 1.82) is 0 Å². The summed E-state index contributed by atoms with van der Waals surface area (Å²) in [6, 6.07) is 0.321. The van der Waals surface area contributed by atoms with E-state index in [0.717, 1.165) is 38.5 Å². The third-order valence-electron chi connectivity index (χ3n) is 3.91. The molecule has 0 unspecified atom stereocenters. The molecule has 4 nitrogen and oxygen atoms in total. The lowest BCUT2D eigenvalue weighted by atomic mass is 9.82. The summed E-state index contributed by atoms with van der Waals surface area (Å²) in [6.07, 6.45) is 7.03. The van der Waals surface area contributed by atoms with Gasteiger partial charge in [-0.1, -0.05) is 19.3 Å². The number of hydrogen-bond acceptors (Lipinski definition) is 3. The predicted molar refractivity (Wildman–Crippen MR) is 64.5 cm³/mol. The maximum absolute atomic E-state index is 12.1. The summed E-state index contributed by atoms with van der Waals surface area (Å²) in [6.45, 7) is 0.431. The van der Waals surface area contributed by atoms with Gasteiger partial charge in [-0.25, -0.2) is 0 Å². The minimum Gasteiger partial charge on any atom is -0.395 e. The van der Waals surface area contributed by atoms with Crippen molar-refractivity contribution in [2.75, 3.05) is 13.2 Å². The van der Waals surface area contributed by atoms with Crippen molar-refractivity contribution in [2.24, 2.45) is 0 Å². The second kappa shape index (κ2) is 5.36. The van der Waals surface area contributed by atoms with E-state index >= 15 is 0 Å².